The Balaban J connectivity index is 2.04. The van der Waals surface area contributed by atoms with Crippen LogP contribution in [0.5, 0.6) is 0 Å². The molecule has 1 aromatic carbocycles. The van der Waals surface area contributed by atoms with Crippen molar-refractivity contribution >= 4 is 33.7 Å². The molecular formula is C16H15N3O2S. The molecule has 0 radical (unpaired) electrons. The van der Waals surface area contributed by atoms with Crippen LogP contribution in [0.15, 0.2) is 35.7 Å². The molecule has 0 saturated heterocycles. The zero-order valence-electron chi connectivity index (χ0n) is 12.2. The number of amides is 1. The molecule has 2 rings (SSSR count). The molecule has 0 aliphatic heterocycles. The fraction of sp³-hybridized carbons (Fsp3) is 0.188. The van der Waals surface area contributed by atoms with Gasteiger partial charge in [0.1, 0.15) is 17.1 Å². The van der Waals surface area contributed by atoms with Crippen molar-refractivity contribution in [3.63, 3.8) is 0 Å². The molecule has 1 aromatic heterocycles. The van der Waals surface area contributed by atoms with E-state index in [-0.39, 0.29) is 11.7 Å². The molecular weight excluding hydrogens is 298 g/mol. The summed E-state index contributed by atoms with van der Waals surface area (Å²) in [6.45, 7) is 3.21. The predicted octanol–water partition coefficient (Wildman–Crippen LogP) is 3.26. The van der Waals surface area contributed by atoms with Crippen LogP contribution in [-0.2, 0) is 4.79 Å². The van der Waals surface area contributed by atoms with Gasteiger partial charge in [0, 0.05) is 11.3 Å². The first-order chi connectivity index (χ1) is 10.5. The fourth-order valence-electron chi connectivity index (χ4n) is 1.86. The van der Waals surface area contributed by atoms with Gasteiger partial charge in [-0.1, -0.05) is 12.1 Å². The number of nitriles is 1. The lowest BCUT2D eigenvalue weighted by Gasteiger charge is -2.15. The molecule has 0 aliphatic rings. The van der Waals surface area contributed by atoms with Crippen molar-refractivity contribution in [1.82, 2.24) is 0 Å². The summed E-state index contributed by atoms with van der Waals surface area (Å²) in [7, 11) is 0. The molecule has 112 valence electrons. The highest BCUT2D eigenvalue weighted by molar-refractivity contribution is 7.14. The number of hydrogen-bond donors (Lipinski definition) is 2. The van der Waals surface area contributed by atoms with Gasteiger partial charge < -0.3 is 10.6 Å². The van der Waals surface area contributed by atoms with Gasteiger partial charge >= 0.3 is 0 Å². The van der Waals surface area contributed by atoms with E-state index in [0.717, 1.165) is 0 Å². The maximum atomic E-state index is 12.2. The second-order valence-corrected chi connectivity index (χ2v) is 5.68. The SMILES string of the molecule is CC(=O)c1cccc(NC(C)C(=O)Nc2sccc2C#N)c1. The Kier molecular flexibility index (Phi) is 4.92. The summed E-state index contributed by atoms with van der Waals surface area (Å²) < 4.78 is 0. The number of carbonyl (C=O) groups is 2. The number of nitrogens with one attached hydrogen (secondary N) is 2. The van der Waals surface area contributed by atoms with E-state index in [1.807, 2.05) is 6.07 Å². The van der Waals surface area contributed by atoms with E-state index >= 15 is 0 Å². The fourth-order valence-corrected chi connectivity index (χ4v) is 2.60. The molecule has 22 heavy (non-hydrogen) atoms. The smallest absolute Gasteiger partial charge is 0.247 e. The Labute approximate surface area is 132 Å². The van der Waals surface area contributed by atoms with Crippen molar-refractivity contribution in [1.29, 1.82) is 5.26 Å². The molecule has 0 aliphatic carbocycles. The molecule has 0 fully saturated rings. The molecule has 2 aromatic rings. The Hall–Kier alpha value is -2.65. The molecule has 6 heteroatoms. The van der Waals surface area contributed by atoms with Gasteiger partial charge in [0.2, 0.25) is 5.91 Å². The maximum Gasteiger partial charge on any atom is 0.247 e. The standard InChI is InChI=1S/C16H15N3O2S/c1-10(15(21)19-16-13(9-17)6-7-22-16)18-14-5-3-4-12(8-14)11(2)20/h3-8,10,18H,1-2H3,(H,19,21). The van der Waals surface area contributed by atoms with Gasteiger partial charge in [-0.2, -0.15) is 5.26 Å². The molecule has 0 bridgehead atoms. The van der Waals surface area contributed by atoms with Crippen molar-refractivity contribution in [3.05, 3.63) is 46.8 Å². The van der Waals surface area contributed by atoms with E-state index < -0.39 is 6.04 Å². The van der Waals surface area contributed by atoms with Crippen molar-refractivity contribution in [3.8, 4) is 6.07 Å². The van der Waals surface area contributed by atoms with E-state index in [1.165, 1.54) is 18.3 Å². The zero-order chi connectivity index (χ0) is 16.1. The molecule has 5 nitrogen and oxygen atoms in total. The molecule has 0 saturated carbocycles. The summed E-state index contributed by atoms with van der Waals surface area (Å²) in [5, 5.41) is 17.0. The second kappa shape index (κ2) is 6.87. The summed E-state index contributed by atoms with van der Waals surface area (Å²) >= 11 is 1.31. The summed E-state index contributed by atoms with van der Waals surface area (Å²) in [5.74, 6) is -0.273. The van der Waals surface area contributed by atoms with Crippen LogP contribution < -0.4 is 10.6 Å². The van der Waals surface area contributed by atoms with Gasteiger partial charge in [-0.05, 0) is 37.4 Å². The number of nitrogens with zero attached hydrogens (tertiary/aromatic N) is 1. The van der Waals surface area contributed by atoms with Crippen LogP contribution in [0.1, 0.15) is 29.8 Å². The molecule has 1 atom stereocenters. The molecule has 1 amide bonds. The number of carbonyl (C=O) groups excluding carboxylic acids is 2. The van der Waals surface area contributed by atoms with E-state index in [2.05, 4.69) is 10.6 Å². The normalized spacial score (nSPS) is 11.3. The van der Waals surface area contributed by atoms with Crippen LogP contribution in [0, 0.1) is 11.3 Å². The Morgan fingerprint density at radius 1 is 1.32 bits per heavy atom. The summed E-state index contributed by atoms with van der Waals surface area (Å²) in [6, 6.07) is 10.2. The van der Waals surface area contributed by atoms with E-state index in [0.29, 0.717) is 21.8 Å². The average Bonchev–Trinajstić information content (AvgIpc) is 2.94. The van der Waals surface area contributed by atoms with Crippen LogP contribution in [0.3, 0.4) is 0 Å². The highest BCUT2D eigenvalue weighted by Gasteiger charge is 2.15. The lowest BCUT2D eigenvalue weighted by atomic mass is 10.1. The summed E-state index contributed by atoms with van der Waals surface area (Å²) in [6.07, 6.45) is 0. The lowest BCUT2D eigenvalue weighted by Crippen LogP contribution is -2.31. The summed E-state index contributed by atoms with van der Waals surface area (Å²) in [4.78, 5) is 23.5. The molecule has 1 unspecified atom stereocenters. The largest absolute Gasteiger partial charge is 0.374 e. The maximum absolute atomic E-state index is 12.2. The van der Waals surface area contributed by atoms with Crippen molar-refractivity contribution < 1.29 is 9.59 Å². The quantitative estimate of drug-likeness (QED) is 0.830. The summed E-state index contributed by atoms with van der Waals surface area (Å²) in [5.41, 5.74) is 1.73. The van der Waals surface area contributed by atoms with Crippen LogP contribution in [0.2, 0.25) is 0 Å². The lowest BCUT2D eigenvalue weighted by molar-refractivity contribution is -0.116. The number of benzene rings is 1. The van der Waals surface area contributed by atoms with Crippen LogP contribution in [-0.4, -0.2) is 17.7 Å². The third-order valence-electron chi connectivity index (χ3n) is 3.07. The van der Waals surface area contributed by atoms with Gasteiger partial charge in [-0.15, -0.1) is 11.3 Å². The minimum atomic E-state index is -0.504. The highest BCUT2D eigenvalue weighted by Crippen LogP contribution is 2.22. The minimum Gasteiger partial charge on any atom is -0.374 e. The number of rotatable bonds is 5. The molecule has 1 heterocycles. The predicted molar refractivity (Wildman–Crippen MR) is 87.2 cm³/mol. The first-order valence-electron chi connectivity index (χ1n) is 6.67. The van der Waals surface area contributed by atoms with Crippen molar-refractivity contribution in [2.24, 2.45) is 0 Å². The number of hydrogen-bond acceptors (Lipinski definition) is 5. The molecule has 2 N–H and O–H groups in total. The van der Waals surface area contributed by atoms with Gasteiger partial charge in [0.05, 0.1) is 5.56 Å². The van der Waals surface area contributed by atoms with E-state index in [4.69, 9.17) is 5.26 Å². The number of thiophene rings is 1. The van der Waals surface area contributed by atoms with E-state index in [1.54, 1.807) is 42.6 Å². The van der Waals surface area contributed by atoms with Crippen molar-refractivity contribution in [2.75, 3.05) is 10.6 Å². The Morgan fingerprint density at radius 2 is 2.09 bits per heavy atom. The Morgan fingerprint density at radius 3 is 2.77 bits per heavy atom. The second-order valence-electron chi connectivity index (χ2n) is 4.77. The third kappa shape index (κ3) is 3.71. The van der Waals surface area contributed by atoms with Gasteiger partial charge in [-0.25, -0.2) is 0 Å². The zero-order valence-corrected chi connectivity index (χ0v) is 13.0. The average molecular weight is 313 g/mol. The van der Waals surface area contributed by atoms with Gasteiger partial charge in [0.15, 0.2) is 5.78 Å². The van der Waals surface area contributed by atoms with Crippen molar-refractivity contribution in [2.45, 2.75) is 19.9 Å². The first kappa shape index (κ1) is 15.7. The monoisotopic (exact) mass is 313 g/mol. The van der Waals surface area contributed by atoms with Crippen LogP contribution in [0.4, 0.5) is 10.7 Å². The first-order valence-corrected chi connectivity index (χ1v) is 7.55. The van der Waals surface area contributed by atoms with Crippen LogP contribution >= 0.6 is 11.3 Å². The highest BCUT2D eigenvalue weighted by atomic mass is 32.1. The van der Waals surface area contributed by atoms with Gasteiger partial charge in [-0.3, -0.25) is 9.59 Å². The molecule has 0 spiro atoms. The Bertz CT molecular complexity index is 746. The minimum absolute atomic E-state index is 0.0296. The number of anilines is 2. The number of Topliss-reactive ketones (excluding diaryl/α,β-unsaturated/α-hetero) is 1. The topological polar surface area (TPSA) is 82.0 Å². The van der Waals surface area contributed by atoms with Gasteiger partial charge in [0.25, 0.3) is 0 Å². The van der Waals surface area contributed by atoms with E-state index in [9.17, 15) is 9.59 Å². The number of ketones is 1. The third-order valence-corrected chi connectivity index (χ3v) is 3.90. The van der Waals surface area contributed by atoms with Crippen LogP contribution in [0.25, 0.3) is 0 Å².